The third-order valence-electron chi connectivity index (χ3n) is 1.91. The summed E-state index contributed by atoms with van der Waals surface area (Å²) in [6, 6.07) is -0.438. The fourth-order valence-corrected chi connectivity index (χ4v) is 1.48. The van der Waals surface area contributed by atoms with Crippen LogP contribution >= 0.6 is 13.5 Å². The maximum Gasteiger partial charge on any atom is 0.320 e. The van der Waals surface area contributed by atoms with Gasteiger partial charge in [-0.2, -0.15) is 13.5 Å². The largest absolute Gasteiger partial charge is 0.480 e. The number of hydrogen-bond donors (Lipinski definition) is 2. The fraction of sp³-hybridized carbons (Fsp3) is 0.889. The van der Waals surface area contributed by atoms with Gasteiger partial charge in [-0.15, -0.1) is 0 Å². The van der Waals surface area contributed by atoms with Crippen LogP contribution in [0.15, 0.2) is 0 Å². The van der Waals surface area contributed by atoms with Gasteiger partial charge in [0.05, 0.1) is 11.7 Å². The molecule has 0 unspecified atom stereocenters. The van der Waals surface area contributed by atoms with E-state index in [1.807, 2.05) is 20.8 Å². The SMILES string of the molecule is CC(C)(C)O[C@H]1CN[C@H](C(=O)O)C1.S. The first-order valence-electron chi connectivity index (χ1n) is 4.52. The number of aliphatic carboxylic acids is 1. The molecule has 4 nitrogen and oxygen atoms in total. The Morgan fingerprint density at radius 1 is 1.50 bits per heavy atom. The van der Waals surface area contributed by atoms with Gasteiger partial charge in [-0.1, -0.05) is 0 Å². The summed E-state index contributed by atoms with van der Waals surface area (Å²) in [5.41, 5.74) is -0.195. The van der Waals surface area contributed by atoms with E-state index in [2.05, 4.69) is 5.32 Å². The van der Waals surface area contributed by atoms with E-state index in [1.165, 1.54) is 0 Å². The molecule has 0 aromatic heterocycles. The van der Waals surface area contributed by atoms with Crippen molar-refractivity contribution < 1.29 is 14.6 Å². The minimum Gasteiger partial charge on any atom is -0.480 e. The lowest BCUT2D eigenvalue weighted by Crippen LogP contribution is -2.30. The minimum atomic E-state index is -0.792. The smallest absolute Gasteiger partial charge is 0.320 e. The van der Waals surface area contributed by atoms with Crippen molar-refractivity contribution in [1.29, 1.82) is 0 Å². The molecule has 14 heavy (non-hydrogen) atoms. The summed E-state index contributed by atoms with van der Waals surface area (Å²) >= 11 is 0. The van der Waals surface area contributed by atoms with E-state index in [4.69, 9.17) is 9.84 Å². The molecule has 2 N–H and O–H groups in total. The molecule has 84 valence electrons. The van der Waals surface area contributed by atoms with Crippen LogP contribution in [0.1, 0.15) is 27.2 Å². The Bertz CT molecular complexity index is 203. The van der Waals surface area contributed by atoms with Gasteiger partial charge in [0.25, 0.3) is 0 Å². The summed E-state index contributed by atoms with van der Waals surface area (Å²) in [6.07, 6.45) is 0.591. The first-order chi connectivity index (χ1) is 5.88. The molecule has 1 heterocycles. The molecular formula is C9H19NO3S. The third-order valence-corrected chi connectivity index (χ3v) is 1.91. The predicted octanol–water partition coefficient (Wildman–Crippen LogP) is 0.729. The third kappa shape index (κ3) is 4.30. The predicted molar refractivity (Wildman–Crippen MR) is 59.1 cm³/mol. The van der Waals surface area contributed by atoms with Gasteiger partial charge >= 0.3 is 5.97 Å². The van der Waals surface area contributed by atoms with E-state index < -0.39 is 12.0 Å². The zero-order chi connectivity index (χ0) is 10.1. The van der Waals surface area contributed by atoms with Gasteiger partial charge in [0.1, 0.15) is 6.04 Å². The number of carbonyl (C=O) groups is 1. The zero-order valence-electron chi connectivity index (χ0n) is 8.83. The molecule has 0 aromatic carbocycles. The first kappa shape index (κ1) is 13.7. The highest BCUT2D eigenvalue weighted by molar-refractivity contribution is 7.59. The van der Waals surface area contributed by atoms with Crippen molar-refractivity contribution in [3.63, 3.8) is 0 Å². The average Bonchev–Trinajstić information content (AvgIpc) is 2.31. The molecule has 1 saturated heterocycles. The molecule has 0 spiro atoms. The number of ether oxygens (including phenoxy) is 1. The van der Waals surface area contributed by atoms with Crippen LogP contribution in [0.3, 0.4) is 0 Å². The Labute approximate surface area is 91.5 Å². The Balaban J connectivity index is 0.00000169. The van der Waals surface area contributed by atoms with Gasteiger partial charge < -0.3 is 15.2 Å². The van der Waals surface area contributed by atoms with Gasteiger partial charge in [-0.25, -0.2) is 0 Å². The Hall–Kier alpha value is -0.260. The summed E-state index contributed by atoms with van der Waals surface area (Å²) in [6.45, 7) is 6.55. The number of hydrogen-bond acceptors (Lipinski definition) is 3. The Morgan fingerprint density at radius 2 is 2.07 bits per heavy atom. The van der Waals surface area contributed by atoms with Crippen LogP contribution in [0, 0.1) is 0 Å². The van der Waals surface area contributed by atoms with Crippen LogP contribution in [-0.2, 0) is 9.53 Å². The lowest BCUT2D eigenvalue weighted by molar-refractivity contribution is -0.139. The standard InChI is InChI=1S/C9H17NO3.H2S/c1-9(2,3)13-6-4-7(8(11)12)10-5-6;/h6-7,10H,4-5H2,1-3H3,(H,11,12);1H2/t6-,7+;/m1./s1. The van der Waals surface area contributed by atoms with E-state index in [0.29, 0.717) is 13.0 Å². The van der Waals surface area contributed by atoms with E-state index in [9.17, 15) is 4.79 Å². The lowest BCUT2D eigenvalue weighted by Gasteiger charge is -2.24. The topological polar surface area (TPSA) is 58.6 Å². The fourth-order valence-electron chi connectivity index (χ4n) is 1.48. The second-order valence-corrected chi connectivity index (χ2v) is 4.39. The highest BCUT2D eigenvalue weighted by atomic mass is 32.1. The summed E-state index contributed by atoms with van der Waals surface area (Å²) in [4.78, 5) is 10.6. The lowest BCUT2D eigenvalue weighted by atomic mass is 10.1. The van der Waals surface area contributed by atoms with Crippen molar-refractivity contribution in [2.24, 2.45) is 0 Å². The number of carboxylic acid groups (broad SMARTS) is 1. The second-order valence-electron chi connectivity index (χ2n) is 4.39. The van der Waals surface area contributed by atoms with E-state index >= 15 is 0 Å². The molecule has 0 bridgehead atoms. The van der Waals surface area contributed by atoms with E-state index in [1.54, 1.807) is 0 Å². The summed E-state index contributed by atoms with van der Waals surface area (Å²) in [7, 11) is 0. The molecule has 5 heteroatoms. The molecule has 1 aliphatic rings. The maximum atomic E-state index is 10.6. The van der Waals surface area contributed by atoms with Crippen LogP contribution in [0.25, 0.3) is 0 Å². The number of rotatable bonds is 2. The first-order valence-corrected chi connectivity index (χ1v) is 4.52. The van der Waals surface area contributed by atoms with Crippen molar-refractivity contribution >= 4 is 19.5 Å². The summed E-state index contributed by atoms with van der Waals surface area (Å²) < 4.78 is 5.65. The van der Waals surface area contributed by atoms with Crippen LogP contribution in [0.5, 0.6) is 0 Å². The van der Waals surface area contributed by atoms with Crippen molar-refractivity contribution in [1.82, 2.24) is 5.32 Å². The van der Waals surface area contributed by atoms with Crippen molar-refractivity contribution in [3.8, 4) is 0 Å². The molecular weight excluding hydrogens is 202 g/mol. The van der Waals surface area contributed by atoms with Gasteiger partial charge in [0, 0.05) is 13.0 Å². The summed E-state index contributed by atoms with van der Waals surface area (Å²) in [5.74, 6) is -0.792. The highest BCUT2D eigenvalue weighted by Gasteiger charge is 2.31. The number of carboxylic acids is 1. The Morgan fingerprint density at radius 3 is 2.43 bits per heavy atom. The van der Waals surface area contributed by atoms with Crippen molar-refractivity contribution in [3.05, 3.63) is 0 Å². The normalized spacial score (nSPS) is 27.1. The monoisotopic (exact) mass is 221 g/mol. The number of nitrogens with one attached hydrogen (secondary N) is 1. The van der Waals surface area contributed by atoms with Gasteiger partial charge in [0.2, 0.25) is 0 Å². The van der Waals surface area contributed by atoms with Crippen LogP contribution < -0.4 is 5.32 Å². The summed E-state index contributed by atoms with van der Waals surface area (Å²) in [5, 5.41) is 11.6. The molecule has 0 aliphatic carbocycles. The van der Waals surface area contributed by atoms with Crippen molar-refractivity contribution in [2.75, 3.05) is 6.54 Å². The van der Waals surface area contributed by atoms with Crippen LogP contribution in [0.4, 0.5) is 0 Å². The van der Waals surface area contributed by atoms with Crippen LogP contribution in [-0.4, -0.2) is 35.4 Å². The molecule has 2 atom stereocenters. The second kappa shape index (κ2) is 5.00. The minimum absolute atomic E-state index is 0. The van der Waals surface area contributed by atoms with Gasteiger partial charge in [-0.3, -0.25) is 4.79 Å². The Kier molecular flexibility index (Phi) is 4.91. The zero-order valence-corrected chi connectivity index (χ0v) is 9.83. The molecule has 1 aliphatic heterocycles. The van der Waals surface area contributed by atoms with Crippen molar-refractivity contribution in [2.45, 2.75) is 44.9 Å². The average molecular weight is 221 g/mol. The molecule has 1 fully saturated rings. The molecule has 1 rings (SSSR count). The quantitative estimate of drug-likeness (QED) is 0.721. The van der Waals surface area contributed by atoms with Gasteiger partial charge in [-0.05, 0) is 20.8 Å². The molecule has 0 radical (unpaired) electrons. The molecule has 0 saturated carbocycles. The van der Waals surface area contributed by atoms with E-state index in [0.717, 1.165) is 0 Å². The van der Waals surface area contributed by atoms with Crippen LogP contribution in [0.2, 0.25) is 0 Å². The molecule has 0 aromatic rings. The highest BCUT2D eigenvalue weighted by Crippen LogP contribution is 2.17. The maximum absolute atomic E-state index is 10.6. The van der Waals surface area contributed by atoms with Gasteiger partial charge in [0.15, 0.2) is 0 Å². The molecule has 0 amide bonds. The van der Waals surface area contributed by atoms with E-state index in [-0.39, 0.29) is 25.2 Å².